The van der Waals surface area contributed by atoms with Gasteiger partial charge < -0.3 is 5.11 Å². The van der Waals surface area contributed by atoms with E-state index in [9.17, 15) is 9.59 Å². The van der Waals surface area contributed by atoms with Gasteiger partial charge in [-0.2, -0.15) is 0 Å². The number of allylic oxidation sites excluding steroid dienone is 1. The topological polar surface area (TPSA) is 67.3 Å². The number of carboxylic acids is 1. The lowest BCUT2D eigenvalue weighted by molar-refractivity contribution is -0.138. The van der Waals surface area contributed by atoms with Crippen LogP contribution in [-0.4, -0.2) is 21.8 Å². The van der Waals surface area contributed by atoms with Gasteiger partial charge in [0, 0.05) is 18.8 Å². The number of hydrogen-bond acceptors (Lipinski definition) is 3. The molecule has 4 heteroatoms. The van der Waals surface area contributed by atoms with Crippen LogP contribution in [0.2, 0.25) is 0 Å². The van der Waals surface area contributed by atoms with Crippen molar-refractivity contribution in [3.05, 3.63) is 36.2 Å². The van der Waals surface area contributed by atoms with E-state index < -0.39 is 5.97 Å². The zero-order valence-electron chi connectivity index (χ0n) is 8.09. The lowest BCUT2D eigenvalue weighted by Gasteiger charge is -1.92. The molecule has 0 atom stereocenters. The number of hydrogen-bond donors (Lipinski definition) is 1. The first-order chi connectivity index (χ1) is 7.18. The van der Waals surface area contributed by atoms with Gasteiger partial charge in [0.25, 0.3) is 0 Å². The highest BCUT2D eigenvalue weighted by molar-refractivity contribution is 5.94. The fourth-order valence-corrected chi connectivity index (χ4v) is 0.977. The highest BCUT2D eigenvalue weighted by Gasteiger charge is 2.01. The van der Waals surface area contributed by atoms with Crippen LogP contribution >= 0.6 is 0 Å². The Morgan fingerprint density at radius 3 is 2.53 bits per heavy atom. The summed E-state index contributed by atoms with van der Waals surface area (Å²) in [5, 5.41) is 8.36. The van der Waals surface area contributed by atoms with Crippen molar-refractivity contribution in [3.8, 4) is 0 Å². The van der Waals surface area contributed by atoms with Crippen LogP contribution in [0.4, 0.5) is 0 Å². The van der Waals surface area contributed by atoms with Gasteiger partial charge >= 0.3 is 5.97 Å². The Balaban J connectivity index is 2.44. The lowest BCUT2D eigenvalue weighted by Crippen LogP contribution is -1.99. The Bertz CT molecular complexity index is 371. The monoisotopic (exact) mass is 205 g/mol. The Kier molecular flexibility index (Phi) is 4.22. The van der Waals surface area contributed by atoms with Crippen LogP contribution in [0.3, 0.4) is 0 Å². The van der Waals surface area contributed by atoms with Gasteiger partial charge in [0.05, 0.1) is 6.42 Å². The second-order valence-electron chi connectivity index (χ2n) is 2.97. The molecule has 1 heterocycles. The van der Waals surface area contributed by atoms with Crippen LogP contribution in [0, 0.1) is 0 Å². The molecule has 78 valence electrons. The smallest absolute Gasteiger partial charge is 0.303 e. The van der Waals surface area contributed by atoms with E-state index in [4.69, 9.17) is 5.11 Å². The number of carbonyl (C=O) groups is 2. The molecule has 0 saturated heterocycles. The summed E-state index contributed by atoms with van der Waals surface area (Å²) < 4.78 is 0. The van der Waals surface area contributed by atoms with Gasteiger partial charge in [0.1, 0.15) is 0 Å². The first-order valence-electron chi connectivity index (χ1n) is 4.51. The van der Waals surface area contributed by atoms with Crippen LogP contribution in [-0.2, 0) is 9.59 Å². The first kappa shape index (κ1) is 11.1. The molecule has 0 aliphatic heterocycles. The third-order valence-corrected chi connectivity index (χ3v) is 1.75. The predicted octanol–water partition coefficient (Wildman–Crippen LogP) is 1.53. The Morgan fingerprint density at radius 1 is 1.27 bits per heavy atom. The minimum atomic E-state index is -0.958. The van der Waals surface area contributed by atoms with Gasteiger partial charge in [-0.05, 0) is 23.8 Å². The Hall–Kier alpha value is -1.97. The fourth-order valence-electron chi connectivity index (χ4n) is 0.977. The molecule has 0 unspecified atom stereocenters. The summed E-state index contributed by atoms with van der Waals surface area (Å²) in [4.78, 5) is 25.2. The van der Waals surface area contributed by atoms with Crippen molar-refractivity contribution in [1.29, 1.82) is 0 Å². The summed E-state index contributed by atoms with van der Waals surface area (Å²) in [6.45, 7) is 0. The minimum Gasteiger partial charge on any atom is -0.481 e. The third kappa shape index (κ3) is 4.71. The quantitative estimate of drug-likeness (QED) is 0.740. The van der Waals surface area contributed by atoms with Crippen molar-refractivity contribution < 1.29 is 14.7 Å². The van der Waals surface area contributed by atoms with Gasteiger partial charge in [0.15, 0.2) is 5.78 Å². The molecule has 1 aromatic heterocycles. The molecule has 15 heavy (non-hydrogen) atoms. The maximum absolute atomic E-state index is 11.2. The Labute approximate surface area is 87.3 Å². The predicted molar refractivity (Wildman–Crippen MR) is 55.1 cm³/mol. The molecule has 0 aliphatic carbocycles. The normalized spacial score (nSPS) is 10.4. The minimum absolute atomic E-state index is 0.0386. The summed E-state index contributed by atoms with van der Waals surface area (Å²) in [7, 11) is 0. The second kappa shape index (κ2) is 5.70. The van der Waals surface area contributed by atoms with Gasteiger partial charge in [-0.3, -0.25) is 14.6 Å². The average molecular weight is 205 g/mol. The Morgan fingerprint density at radius 2 is 1.93 bits per heavy atom. The van der Waals surface area contributed by atoms with Gasteiger partial charge in [0.2, 0.25) is 0 Å². The number of nitrogens with zero attached hydrogens (tertiary/aromatic N) is 1. The third-order valence-electron chi connectivity index (χ3n) is 1.75. The van der Waals surface area contributed by atoms with Crippen LogP contribution in [0.15, 0.2) is 30.6 Å². The summed E-state index contributed by atoms with van der Waals surface area (Å²) in [5.74, 6) is -1.14. The number of aromatic nitrogens is 1. The number of carbonyl (C=O) groups excluding carboxylic acids is 1. The van der Waals surface area contributed by atoms with E-state index in [0.717, 1.165) is 5.56 Å². The number of aliphatic carboxylic acids is 1. The van der Waals surface area contributed by atoms with E-state index >= 15 is 0 Å². The first-order valence-corrected chi connectivity index (χ1v) is 4.51. The van der Waals surface area contributed by atoms with E-state index in [-0.39, 0.29) is 18.6 Å². The van der Waals surface area contributed by atoms with E-state index in [1.807, 2.05) is 0 Å². The van der Waals surface area contributed by atoms with Crippen molar-refractivity contribution in [2.45, 2.75) is 12.8 Å². The largest absolute Gasteiger partial charge is 0.481 e. The van der Waals surface area contributed by atoms with Gasteiger partial charge in [-0.25, -0.2) is 0 Å². The zero-order valence-corrected chi connectivity index (χ0v) is 8.09. The standard InChI is InChI=1S/C11H11NO3/c13-10(3-4-11(14)15)2-1-9-5-7-12-8-6-9/h1-2,5-8H,3-4H2,(H,14,15). The summed E-state index contributed by atoms with van der Waals surface area (Å²) in [5.41, 5.74) is 0.869. The second-order valence-corrected chi connectivity index (χ2v) is 2.97. The molecular formula is C11H11NO3. The van der Waals surface area contributed by atoms with Crippen molar-refractivity contribution >= 4 is 17.8 Å². The molecule has 0 bridgehead atoms. The van der Waals surface area contributed by atoms with E-state index in [0.29, 0.717) is 0 Å². The molecule has 0 spiro atoms. The van der Waals surface area contributed by atoms with Gasteiger partial charge in [-0.1, -0.05) is 6.08 Å². The molecular weight excluding hydrogens is 194 g/mol. The van der Waals surface area contributed by atoms with Crippen molar-refractivity contribution in [3.63, 3.8) is 0 Å². The zero-order chi connectivity index (χ0) is 11.1. The summed E-state index contributed by atoms with van der Waals surface area (Å²) in [6.07, 6.45) is 6.20. The van der Waals surface area contributed by atoms with Crippen LogP contribution < -0.4 is 0 Å². The van der Waals surface area contributed by atoms with Crippen LogP contribution in [0.5, 0.6) is 0 Å². The van der Waals surface area contributed by atoms with E-state index in [1.165, 1.54) is 6.08 Å². The molecule has 0 aliphatic rings. The molecule has 0 amide bonds. The number of pyridine rings is 1. The number of rotatable bonds is 5. The van der Waals surface area contributed by atoms with Crippen molar-refractivity contribution in [2.75, 3.05) is 0 Å². The lowest BCUT2D eigenvalue weighted by atomic mass is 10.2. The molecule has 4 nitrogen and oxygen atoms in total. The molecule has 1 aromatic rings. The van der Waals surface area contributed by atoms with Crippen molar-refractivity contribution in [2.24, 2.45) is 0 Å². The van der Waals surface area contributed by atoms with Crippen LogP contribution in [0.1, 0.15) is 18.4 Å². The maximum atomic E-state index is 11.2. The molecule has 1 N–H and O–H groups in total. The highest BCUT2D eigenvalue weighted by Crippen LogP contribution is 2.01. The number of carboxylic acid groups (broad SMARTS) is 1. The van der Waals surface area contributed by atoms with Gasteiger partial charge in [-0.15, -0.1) is 0 Å². The van der Waals surface area contributed by atoms with E-state index in [2.05, 4.69) is 4.98 Å². The summed E-state index contributed by atoms with van der Waals surface area (Å²) >= 11 is 0. The maximum Gasteiger partial charge on any atom is 0.303 e. The molecule has 0 radical (unpaired) electrons. The van der Waals surface area contributed by atoms with Crippen LogP contribution in [0.25, 0.3) is 6.08 Å². The average Bonchev–Trinajstić information content (AvgIpc) is 2.25. The molecule has 0 saturated carbocycles. The van der Waals surface area contributed by atoms with Crippen molar-refractivity contribution in [1.82, 2.24) is 4.98 Å². The SMILES string of the molecule is O=C(O)CCC(=O)C=Cc1ccncc1. The number of ketones is 1. The molecule has 1 rings (SSSR count). The highest BCUT2D eigenvalue weighted by atomic mass is 16.4. The fraction of sp³-hybridized carbons (Fsp3) is 0.182. The molecule has 0 aromatic carbocycles. The molecule has 0 fully saturated rings. The summed E-state index contributed by atoms with van der Waals surface area (Å²) in [6, 6.07) is 3.53. The van der Waals surface area contributed by atoms with E-state index in [1.54, 1.807) is 30.6 Å².